The van der Waals surface area contributed by atoms with Crippen LogP contribution in [0.1, 0.15) is 17.0 Å². The van der Waals surface area contributed by atoms with E-state index in [9.17, 15) is 4.79 Å². The maximum absolute atomic E-state index is 12.7. The largest absolute Gasteiger partial charge is 0.379 e. The Morgan fingerprint density at radius 1 is 1.19 bits per heavy atom. The molecular formula is C23H25ClN4O2S. The molecular weight excluding hydrogens is 432 g/mol. The van der Waals surface area contributed by atoms with Crippen LogP contribution in [0.25, 0.3) is 10.9 Å². The molecule has 4 rings (SSSR count). The normalized spacial score (nSPS) is 14.7. The second kappa shape index (κ2) is 9.96. The molecule has 0 atom stereocenters. The summed E-state index contributed by atoms with van der Waals surface area (Å²) < 4.78 is 5.43. The molecule has 0 aliphatic carbocycles. The van der Waals surface area contributed by atoms with Crippen LogP contribution in [0.3, 0.4) is 0 Å². The van der Waals surface area contributed by atoms with Crippen LogP contribution in [0.4, 0.5) is 5.69 Å². The molecule has 0 saturated carbocycles. The van der Waals surface area contributed by atoms with Gasteiger partial charge in [0.1, 0.15) is 10.9 Å². The zero-order valence-electron chi connectivity index (χ0n) is 17.7. The number of amides is 1. The minimum absolute atomic E-state index is 0.115. The van der Waals surface area contributed by atoms with Crippen molar-refractivity contribution in [2.45, 2.75) is 25.4 Å². The number of aryl methyl sites for hydroxylation is 2. The van der Waals surface area contributed by atoms with Crippen LogP contribution in [0, 0.1) is 13.8 Å². The van der Waals surface area contributed by atoms with E-state index in [4.69, 9.17) is 26.3 Å². The summed E-state index contributed by atoms with van der Waals surface area (Å²) in [5.74, 6) is 0.888. The van der Waals surface area contributed by atoms with Gasteiger partial charge in [-0.2, -0.15) is 0 Å². The summed E-state index contributed by atoms with van der Waals surface area (Å²) in [5.41, 5.74) is 3.57. The van der Waals surface area contributed by atoms with Crippen LogP contribution in [-0.4, -0.2) is 52.8 Å². The maximum Gasteiger partial charge on any atom is 0.234 e. The molecule has 1 aromatic heterocycles. The first kappa shape index (κ1) is 22.0. The Bertz CT molecular complexity index is 1080. The van der Waals surface area contributed by atoms with E-state index >= 15 is 0 Å². The van der Waals surface area contributed by atoms with E-state index in [1.54, 1.807) is 0 Å². The van der Waals surface area contributed by atoms with Gasteiger partial charge in [0.25, 0.3) is 0 Å². The van der Waals surface area contributed by atoms with Crippen LogP contribution in [0.2, 0.25) is 5.02 Å². The fourth-order valence-electron chi connectivity index (χ4n) is 3.62. The van der Waals surface area contributed by atoms with Crippen molar-refractivity contribution in [1.82, 2.24) is 14.9 Å². The van der Waals surface area contributed by atoms with Gasteiger partial charge in [0.05, 0.1) is 41.7 Å². The van der Waals surface area contributed by atoms with Gasteiger partial charge in [-0.25, -0.2) is 9.97 Å². The number of para-hydroxylation sites is 1. The van der Waals surface area contributed by atoms with Crippen molar-refractivity contribution < 1.29 is 9.53 Å². The highest BCUT2D eigenvalue weighted by Gasteiger charge is 2.16. The predicted molar refractivity (Wildman–Crippen MR) is 126 cm³/mol. The fourth-order valence-corrected chi connectivity index (χ4v) is 4.82. The van der Waals surface area contributed by atoms with E-state index in [1.807, 2.05) is 50.2 Å². The minimum Gasteiger partial charge on any atom is -0.379 e. The highest BCUT2D eigenvalue weighted by atomic mass is 35.5. The van der Waals surface area contributed by atoms with E-state index in [1.165, 1.54) is 11.8 Å². The number of anilines is 1. The lowest BCUT2D eigenvalue weighted by atomic mass is 10.1. The first-order valence-electron chi connectivity index (χ1n) is 10.2. The number of carbonyl (C=O) groups excluding carboxylic acids is 1. The van der Waals surface area contributed by atoms with Gasteiger partial charge in [-0.05, 0) is 37.1 Å². The molecule has 1 fully saturated rings. The predicted octanol–water partition coefficient (Wildman–Crippen LogP) is 4.46. The molecule has 1 aliphatic heterocycles. The number of hydrogen-bond acceptors (Lipinski definition) is 6. The van der Waals surface area contributed by atoms with Crippen LogP contribution in [0.15, 0.2) is 41.4 Å². The van der Waals surface area contributed by atoms with E-state index in [2.05, 4.69) is 10.2 Å². The number of fused-ring (bicyclic) bond motifs is 1. The van der Waals surface area contributed by atoms with Gasteiger partial charge in [0, 0.05) is 18.5 Å². The van der Waals surface area contributed by atoms with Crippen LogP contribution in [0.5, 0.6) is 0 Å². The molecule has 6 nitrogen and oxygen atoms in total. The summed E-state index contributed by atoms with van der Waals surface area (Å²) in [4.78, 5) is 24.5. The lowest BCUT2D eigenvalue weighted by molar-refractivity contribution is -0.113. The quantitative estimate of drug-likeness (QED) is 0.436. The Morgan fingerprint density at radius 3 is 2.74 bits per heavy atom. The third-order valence-corrected chi connectivity index (χ3v) is 6.41. The van der Waals surface area contributed by atoms with Crippen molar-refractivity contribution in [1.29, 1.82) is 0 Å². The van der Waals surface area contributed by atoms with Gasteiger partial charge in [-0.1, -0.05) is 47.6 Å². The molecule has 0 unspecified atom stereocenters. The number of thioether (sulfide) groups is 1. The van der Waals surface area contributed by atoms with Gasteiger partial charge < -0.3 is 10.1 Å². The zero-order chi connectivity index (χ0) is 21.8. The van der Waals surface area contributed by atoms with Crippen molar-refractivity contribution in [2.24, 2.45) is 0 Å². The Morgan fingerprint density at radius 2 is 1.97 bits per heavy atom. The van der Waals surface area contributed by atoms with Gasteiger partial charge in [0.15, 0.2) is 0 Å². The number of morpholine rings is 1. The summed E-state index contributed by atoms with van der Waals surface area (Å²) in [6.45, 7) is 7.81. The summed E-state index contributed by atoms with van der Waals surface area (Å²) in [5, 5.41) is 5.27. The molecule has 2 aromatic carbocycles. The molecule has 1 saturated heterocycles. The summed E-state index contributed by atoms with van der Waals surface area (Å²) in [6, 6.07) is 11.8. The zero-order valence-corrected chi connectivity index (χ0v) is 19.2. The Labute approximate surface area is 191 Å². The van der Waals surface area contributed by atoms with E-state index in [0.717, 1.165) is 59.2 Å². The molecule has 3 aromatic rings. The van der Waals surface area contributed by atoms with Crippen molar-refractivity contribution in [2.75, 3.05) is 37.4 Å². The van der Waals surface area contributed by atoms with Gasteiger partial charge in [-0.3, -0.25) is 9.69 Å². The maximum atomic E-state index is 12.7. The second-order valence-electron chi connectivity index (χ2n) is 7.63. The number of ether oxygens (including phenoxy) is 1. The lowest BCUT2D eigenvalue weighted by Crippen LogP contribution is -2.36. The smallest absolute Gasteiger partial charge is 0.234 e. The van der Waals surface area contributed by atoms with Crippen molar-refractivity contribution in [3.63, 3.8) is 0 Å². The molecule has 0 radical (unpaired) electrons. The number of aromatic nitrogens is 2. The van der Waals surface area contributed by atoms with Crippen LogP contribution in [-0.2, 0) is 16.1 Å². The number of nitrogens with zero attached hydrogens (tertiary/aromatic N) is 3. The number of benzene rings is 2. The topological polar surface area (TPSA) is 67.4 Å². The van der Waals surface area contributed by atoms with E-state index < -0.39 is 0 Å². The summed E-state index contributed by atoms with van der Waals surface area (Å²) in [7, 11) is 0. The molecule has 1 amide bonds. The molecule has 1 aliphatic rings. The van der Waals surface area contributed by atoms with Crippen molar-refractivity contribution in [3.05, 3.63) is 58.4 Å². The Balaban J connectivity index is 1.50. The number of hydrogen-bond donors (Lipinski definition) is 1. The Kier molecular flexibility index (Phi) is 7.07. The van der Waals surface area contributed by atoms with Crippen LogP contribution >= 0.6 is 23.4 Å². The molecule has 1 N–H and O–H groups in total. The first-order chi connectivity index (χ1) is 15.0. The number of halogens is 1. The van der Waals surface area contributed by atoms with Crippen molar-refractivity contribution in [3.8, 4) is 0 Å². The first-order valence-corrected chi connectivity index (χ1v) is 11.6. The fraction of sp³-hybridized carbons (Fsp3) is 0.348. The SMILES string of the molecule is Cc1cc(C)c(NC(=O)CSc2nc(CN3CCOCC3)nc3ccccc23)c(Cl)c1. The lowest BCUT2D eigenvalue weighted by Gasteiger charge is -2.25. The molecule has 31 heavy (non-hydrogen) atoms. The number of carbonyl (C=O) groups is 1. The van der Waals surface area contributed by atoms with Gasteiger partial charge in [0.2, 0.25) is 5.91 Å². The highest BCUT2D eigenvalue weighted by molar-refractivity contribution is 8.00. The monoisotopic (exact) mass is 456 g/mol. The van der Waals surface area contributed by atoms with E-state index in [0.29, 0.717) is 17.3 Å². The van der Waals surface area contributed by atoms with Gasteiger partial charge >= 0.3 is 0 Å². The second-order valence-corrected chi connectivity index (χ2v) is 9.00. The summed E-state index contributed by atoms with van der Waals surface area (Å²) >= 11 is 7.75. The standard InChI is InChI=1S/C23H25ClN4O2S/c1-15-11-16(2)22(18(24)12-15)27-21(29)14-31-23-17-5-3-4-6-19(17)25-20(26-23)13-28-7-9-30-10-8-28/h3-6,11-12H,7-10,13-14H2,1-2H3,(H,27,29). The number of nitrogens with one attached hydrogen (secondary N) is 1. The van der Waals surface area contributed by atoms with Gasteiger partial charge in [-0.15, -0.1) is 0 Å². The molecule has 8 heteroatoms. The number of rotatable bonds is 6. The van der Waals surface area contributed by atoms with E-state index in [-0.39, 0.29) is 11.7 Å². The summed E-state index contributed by atoms with van der Waals surface area (Å²) in [6.07, 6.45) is 0. The average Bonchev–Trinajstić information content (AvgIpc) is 2.75. The highest BCUT2D eigenvalue weighted by Crippen LogP contribution is 2.29. The molecule has 2 heterocycles. The molecule has 0 bridgehead atoms. The third-order valence-electron chi connectivity index (χ3n) is 5.12. The average molecular weight is 457 g/mol. The molecule has 162 valence electrons. The van der Waals surface area contributed by atoms with Crippen LogP contribution < -0.4 is 5.32 Å². The minimum atomic E-state index is -0.115. The van der Waals surface area contributed by atoms with Crippen molar-refractivity contribution >= 4 is 45.9 Å². The third kappa shape index (κ3) is 5.54. The molecule has 0 spiro atoms. The Hall–Kier alpha value is -2.19.